The lowest BCUT2D eigenvalue weighted by Gasteiger charge is -2.07. The number of carbonyl (C=O) groups excluding carboxylic acids is 1. The van der Waals surface area contributed by atoms with E-state index in [4.69, 9.17) is 0 Å². The lowest BCUT2D eigenvalue weighted by Crippen LogP contribution is -2.19. The molecule has 0 fully saturated rings. The minimum atomic E-state index is -0.710. The van der Waals surface area contributed by atoms with Gasteiger partial charge in [-0.2, -0.15) is 0 Å². The van der Waals surface area contributed by atoms with E-state index in [0.717, 1.165) is 39.8 Å². The number of halogens is 2. The van der Waals surface area contributed by atoms with Crippen molar-refractivity contribution >= 4 is 33.1 Å². The van der Waals surface area contributed by atoms with Gasteiger partial charge in [-0.3, -0.25) is 14.2 Å². The lowest BCUT2D eigenvalue weighted by molar-refractivity contribution is -0.116. The minimum Gasteiger partial charge on any atom is -0.323 e. The van der Waals surface area contributed by atoms with Gasteiger partial charge in [0.2, 0.25) is 5.91 Å². The Morgan fingerprint density at radius 3 is 2.78 bits per heavy atom. The summed E-state index contributed by atoms with van der Waals surface area (Å²) in [5.74, 6) is -1.84. The van der Waals surface area contributed by atoms with Gasteiger partial charge in [-0.25, -0.2) is 8.78 Å². The number of rotatable bonds is 4. The van der Waals surface area contributed by atoms with E-state index in [1.807, 2.05) is 18.2 Å². The van der Waals surface area contributed by atoms with Crippen LogP contribution in [0.4, 0.5) is 14.5 Å². The summed E-state index contributed by atoms with van der Waals surface area (Å²) < 4.78 is 28.9. The van der Waals surface area contributed by atoms with Crippen molar-refractivity contribution in [1.82, 2.24) is 4.57 Å². The first-order valence-corrected chi connectivity index (χ1v) is 7.69. The van der Waals surface area contributed by atoms with E-state index in [1.165, 1.54) is 4.57 Å². The molecule has 4 nitrogen and oxygen atoms in total. The van der Waals surface area contributed by atoms with Crippen LogP contribution in [0.5, 0.6) is 0 Å². The van der Waals surface area contributed by atoms with Gasteiger partial charge in [0, 0.05) is 19.0 Å². The van der Waals surface area contributed by atoms with Crippen molar-refractivity contribution in [2.45, 2.75) is 13.0 Å². The Hall–Kier alpha value is -2.54. The first-order valence-electron chi connectivity index (χ1n) is 6.88. The zero-order chi connectivity index (χ0) is 16.4. The van der Waals surface area contributed by atoms with Crippen LogP contribution in [0, 0.1) is 11.6 Å². The molecule has 118 valence electrons. The van der Waals surface area contributed by atoms with Gasteiger partial charge in [-0.05, 0) is 24.3 Å². The molecule has 7 heteroatoms. The number of fused-ring (bicyclic) bond motifs is 1. The van der Waals surface area contributed by atoms with Crippen LogP contribution in [0.25, 0.3) is 10.2 Å². The maximum absolute atomic E-state index is 13.5. The molecule has 2 aromatic carbocycles. The van der Waals surface area contributed by atoms with Crippen LogP contribution >= 0.6 is 11.3 Å². The fraction of sp³-hybridized carbons (Fsp3) is 0.125. The third-order valence-corrected chi connectivity index (χ3v) is 4.30. The van der Waals surface area contributed by atoms with Crippen LogP contribution < -0.4 is 10.2 Å². The average molecular weight is 334 g/mol. The SMILES string of the molecule is O=C(CCn1c(=O)sc2ccccc21)Nc1cc(F)ccc1F. The van der Waals surface area contributed by atoms with Crippen LogP contribution in [-0.2, 0) is 11.3 Å². The largest absolute Gasteiger partial charge is 0.323 e. The van der Waals surface area contributed by atoms with E-state index in [-0.39, 0.29) is 23.5 Å². The minimum absolute atomic E-state index is 0.0173. The predicted octanol–water partition coefficient (Wildman–Crippen LogP) is 3.37. The summed E-state index contributed by atoms with van der Waals surface area (Å²) in [7, 11) is 0. The van der Waals surface area contributed by atoms with E-state index in [9.17, 15) is 18.4 Å². The van der Waals surface area contributed by atoms with Crippen LogP contribution in [-0.4, -0.2) is 10.5 Å². The smallest absolute Gasteiger partial charge is 0.308 e. The molecule has 0 aliphatic heterocycles. The van der Waals surface area contributed by atoms with E-state index in [1.54, 1.807) is 6.07 Å². The summed E-state index contributed by atoms with van der Waals surface area (Å²) >= 11 is 1.10. The van der Waals surface area contributed by atoms with Gasteiger partial charge in [-0.1, -0.05) is 23.5 Å². The number of hydrogen-bond donors (Lipinski definition) is 1. The molecular weight excluding hydrogens is 322 g/mol. The number of aromatic nitrogens is 1. The van der Waals surface area contributed by atoms with Crippen molar-refractivity contribution in [3.63, 3.8) is 0 Å². The molecule has 0 unspecified atom stereocenters. The number of carbonyl (C=O) groups is 1. The number of nitrogens with one attached hydrogen (secondary N) is 1. The van der Waals surface area contributed by atoms with Crippen molar-refractivity contribution in [2.24, 2.45) is 0 Å². The van der Waals surface area contributed by atoms with Gasteiger partial charge in [0.25, 0.3) is 0 Å². The number of hydrogen-bond acceptors (Lipinski definition) is 3. The molecule has 1 heterocycles. The summed E-state index contributed by atoms with van der Waals surface area (Å²) in [5.41, 5.74) is 0.546. The highest BCUT2D eigenvalue weighted by Crippen LogP contribution is 2.18. The van der Waals surface area contributed by atoms with Crippen molar-refractivity contribution in [3.8, 4) is 0 Å². The van der Waals surface area contributed by atoms with Gasteiger partial charge in [0.05, 0.1) is 15.9 Å². The van der Waals surface area contributed by atoms with Gasteiger partial charge >= 0.3 is 4.87 Å². The Morgan fingerprint density at radius 2 is 1.96 bits per heavy atom. The van der Waals surface area contributed by atoms with E-state index in [2.05, 4.69) is 5.32 Å². The standard InChI is InChI=1S/C16H12F2N2O2S/c17-10-5-6-11(18)12(9-10)19-15(21)7-8-20-13-3-1-2-4-14(13)23-16(20)22/h1-6,9H,7-8H2,(H,19,21). The molecule has 0 saturated heterocycles. The van der Waals surface area contributed by atoms with Crippen LogP contribution in [0.15, 0.2) is 47.3 Å². The molecule has 0 spiro atoms. The highest BCUT2D eigenvalue weighted by molar-refractivity contribution is 7.16. The summed E-state index contributed by atoms with van der Waals surface area (Å²) in [6.45, 7) is 0.172. The molecule has 0 bridgehead atoms. The summed E-state index contributed by atoms with van der Waals surface area (Å²) in [6.07, 6.45) is -0.0173. The van der Waals surface area contributed by atoms with E-state index in [0.29, 0.717) is 0 Å². The molecule has 1 aromatic heterocycles. The quantitative estimate of drug-likeness (QED) is 0.795. The zero-order valence-corrected chi connectivity index (χ0v) is 12.7. The Bertz CT molecular complexity index is 933. The molecule has 0 radical (unpaired) electrons. The average Bonchev–Trinajstić information content (AvgIpc) is 2.84. The zero-order valence-electron chi connectivity index (χ0n) is 11.9. The fourth-order valence-corrected chi connectivity index (χ4v) is 3.16. The van der Waals surface area contributed by atoms with Crippen molar-refractivity contribution in [1.29, 1.82) is 0 Å². The predicted molar refractivity (Wildman–Crippen MR) is 85.7 cm³/mol. The normalized spacial score (nSPS) is 10.9. The first kappa shape index (κ1) is 15.4. The number of thiazole rings is 1. The third kappa shape index (κ3) is 3.29. The van der Waals surface area contributed by atoms with Crippen LogP contribution in [0.2, 0.25) is 0 Å². The highest BCUT2D eigenvalue weighted by atomic mass is 32.1. The van der Waals surface area contributed by atoms with Gasteiger partial charge in [0.15, 0.2) is 0 Å². The monoisotopic (exact) mass is 334 g/mol. The van der Waals surface area contributed by atoms with Crippen molar-refractivity contribution in [2.75, 3.05) is 5.32 Å². The molecule has 0 atom stereocenters. The van der Waals surface area contributed by atoms with E-state index >= 15 is 0 Å². The number of amides is 1. The van der Waals surface area contributed by atoms with Gasteiger partial charge < -0.3 is 5.32 Å². The van der Waals surface area contributed by atoms with E-state index < -0.39 is 17.5 Å². The second kappa shape index (κ2) is 6.29. The van der Waals surface area contributed by atoms with Crippen LogP contribution in [0.3, 0.4) is 0 Å². The lowest BCUT2D eigenvalue weighted by atomic mass is 10.2. The molecule has 1 amide bonds. The molecule has 0 aliphatic rings. The van der Waals surface area contributed by atoms with Crippen LogP contribution in [0.1, 0.15) is 6.42 Å². The highest BCUT2D eigenvalue weighted by Gasteiger charge is 2.11. The van der Waals surface area contributed by atoms with Crippen molar-refractivity contribution in [3.05, 3.63) is 63.8 Å². The Kier molecular flexibility index (Phi) is 4.20. The number of anilines is 1. The van der Waals surface area contributed by atoms with Crippen molar-refractivity contribution < 1.29 is 13.6 Å². The summed E-state index contributed by atoms with van der Waals surface area (Å²) in [6, 6.07) is 10.1. The maximum Gasteiger partial charge on any atom is 0.308 e. The number of benzene rings is 2. The molecule has 3 rings (SSSR count). The number of aryl methyl sites for hydroxylation is 1. The Balaban J connectivity index is 1.72. The topological polar surface area (TPSA) is 51.1 Å². The molecule has 3 aromatic rings. The summed E-state index contributed by atoms with van der Waals surface area (Å²) in [4.78, 5) is 23.7. The Labute approximate surface area is 134 Å². The number of nitrogens with zero attached hydrogens (tertiary/aromatic N) is 1. The summed E-state index contributed by atoms with van der Waals surface area (Å²) in [5, 5.41) is 2.32. The third-order valence-electron chi connectivity index (χ3n) is 3.34. The second-order valence-electron chi connectivity index (χ2n) is 4.91. The molecular formula is C16H12F2N2O2S. The molecule has 23 heavy (non-hydrogen) atoms. The van der Waals surface area contributed by atoms with Gasteiger partial charge in [-0.15, -0.1) is 0 Å². The Morgan fingerprint density at radius 1 is 1.17 bits per heavy atom. The van der Waals surface area contributed by atoms with Gasteiger partial charge in [0.1, 0.15) is 11.6 Å². The number of para-hydroxylation sites is 1. The molecule has 0 saturated carbocycles. The molecule has 1 N–H and O–H groups in total. The molecule has 0 aliphatic carbocycles. The maximum atomic E-state index is 13.5. The second-order valence-corrected chi connectivity index (χ2v) is 5.90. The first-order chi connectivity index (χ1) is 11.0. The fourth-order valence-electron chi connectivity index (χ4n) is 2.25.